The highest BCUT2D eigenvalue weighted by atomic mass is 32.1. The van der Waals surface area contributed by atoms with E-state index in [0.29, 0.717) is 0 Å². The maximum absolute atomic E-state index is 5.34. The van der Waals surface area contributed by atoms with E-state index in [-0.39, 0.29) is 0 Å². The van der Waals surface area contributed by atoms with E-state index in [1.807, 2.05) is 13.8 Å². The van der Waals surface area contributed by atoms with Crippen LogP contribution in [0.3, 0.4) is 0 Å². The molecule has 0 saturated heterocycles. The van der Waals surface area contributed by atoms with Gasteiger partial charge in [-0.1, -0.05) is 0 Å². The predicted octanol–water partition coefficient (Wildman–Crippen LogP) is 3.45. The molecule has 20 heavy (non-hydrogen) atoms. The zero-order chi connectivity index (χ0) is 14.4. The Bertz CT molecular complexity index is 533. The molecule has 2 rings (SSSR count). The first-order chi connectivity index (χ1) is 9.70. The Morgan fingerprint density at radius 3 is 2.90 bits per heavy atom. The van der Waals surface area contributed by atoms with Gasteiger partial charge in [0.25, 0.3) is 0 Å². The highest BCUT2D eigenvalue weighted by Crippen LogP contribution is 2.18. The summed E-state index contributed by atoms with van der Waals surface area (Å²) < 4.78 is 7.53. The minimum Gasteiger partial charge on any atom is -0.382 e. The molecule has 0 atom stereocenters. The number of nitrogens with zero attached hydrogens (tertiary/aromatic N) is 2. The van der Waals surface area contributed by atoms with Crippen molar-refractivity contribution in [2.45, 2.75) is 33.7 Å². The average Bonchev–Trinajstić information content (AvgIpc) is 2.97. The first-order valence-electron chi connectivity index (χ1n) is 7.07. The molecule has 0 aliphatic carbocycles. The van der Waals surface area contributed by atoms with Crippen LogP contribution in [0.1, 0.15) is 30.2 Å². The number of aryl methyl sites for hydroxylation is 2. The summed E-state index contributed by atoms with van der Waals surface area (Å²) in [6.07, 6.45) is 3.10. The lowest BCUT2D eigenvalue weighted by atomic mass is 10.2. The Morgan fingerprint density at radius 1 is 1.35 bits per heavy atom. The molecule has 0 bridgehead atoms. The van der Waals surface area contributed by atoms with Crippen molar-refractivity contribution in [3.8, 4) is 0 Å². The van der Waals surface area contributed by atoms with Gasteiger partial charge in [-0.15, -0.1) is 0 Å². The summed E-state index contributed by atoms with van der Waals surface area (Å²) >= 11 is 1.75. The third-order valence-electron chi connectivity index (χ3n) is 3.15. The van der Waals surface area contributed by atoms with Crippen molar-refractivity contribution in [2.24, 2.45) is 0 Å². The van der Waals surface area contributed by atoms with Crippen molar-refractivity contribution in [2.75, 3.05) is 25.1 Å². The fourth-order valence-electron chi connectivity index (χ4n) is 2.06. The molecule has 0 aliphatic rings. The maximum atomic E-state index is 5.34. The molecule has 110 valence electrons. The molecular weight excluding hydrogens is 270 g/mol. The highest BCUT2D eigenvalue weighted by molar-refractivity contribution is 7.08. The number of hydrogen-bond acceptors (Lipinski definition) is 4. The van der Waals surface area contributed by atoms with Gasteiger partial charge in [-0.3, -0.25) is 0 Å². The van der Waals surface area contributed by atoms with Crippen LogP contribution in [0.4, 0.5) is 5.95 Å². The van der Waals surface area contributed by atoms with Gasteiger partial charge >= 0.3 is 0 Å². The van der Waals surface area contributed by atoms with Crippen LogP contribution in [0, 0.1) is 13.8 Å². The van der Waals surface area contributed by atoms with Crippen LogP contribution in [0.15, 0.2) is 17.0 Å². The Morgan fingerprint density at radius 2 is 2.20 bits per heavy atom. The lowest BCUT2D eigenvalue weighted by Gasteiger charge is -2.09. The van der Waals surface area contributed by atoms with Gasteiger partial charge < -0.3 is 14.6 Å². The van der Waals surface area contributed by atoms with Crippen LogP contribution in [0.25, 0.3) is 0 Å². The number of rotatable bonds is 8. The van der Waals surface area contributed by atoms with E-state index in [4.69, 9.17) is 4.74 Å². The molecule has 0 aromatic carbocycles. The summed E-state index contributed by atoms with van der Waals surface area (Å²) in [7, 11) is 0. The molecule has 0 radical (unpaired) electrons. The van der Waals surface area contributed by atoms with Gasteiger partial charge in [-0.05, 0) is 49.1 Å². The monoisotopic (exact) mass is 293 g/mol. The lowest BCUT2D eigenvalue weighted by molar-refractivity contribution is 0.147. The third kappa shape index (κ3) is 4.08. The Kier molecular flexibility index (Phi) is 5.61. The standard InChI is InChI=1S/C15H23N3OS/c1-4-19-7-5-6-16-15-17-13(3)8-18(15)9-14-11-20-10-12(14)2/h8,10-11H,4-7,9H2,1-3H3,(H,16,17). The molecule has 0 amide bonds. The van der Waals surface area contributed by atoms with Gasteiger partial charge in [0.05, 0.1) is 12.2 Å². The van der Waals surface area contributed by atoms with Gasteiger partial charge in [0, 0.05) is 26.0 Å². The molecule has 0 fully saturated rings. The van der Waals surface area contributed by atoms with Crippen LogP contribution >= 0.6 is 11.3 Å². The zero-order valence-corrected chi connectivity index (χ0v) is 13.3. The molecule has 2 aromatic rings. The number of anilines is 1. The predicted molar refractivity (Wildman–Crippen MR) is 84.7 cm³/mol. The number of ether oxygens (including phenoxy) is 1. The Labute approximate surface area is 124 Å². The molecule has 0 unspecified atom stereocenters. The fourth-order valence-corrected chi connectivity index (χ4v) is 2.91. The summed E-state index contributed by atoms with van der Waals surface area (Å²) in [6, 6.07) is 0. The molecule has 0 spiro atoms. The molecular formula is C15H23N3OS. The van der Waals surface area contributed by atoms with Crippen LogP contribution in [0.5, 0.6) is 0 Å². The summed E-state index contributed by atoms with van der Waals surface area (Å²) in [5.41, 5.74) is 3.76. The normalized spacial score (nSPS) is 10.9. The SMILES string of the molecule is CCOCCCNc1nc(C)cn1Cc1cscc1C. The van der Waals surface area contributed by atoms with Gasteiger partial charge in [-0.2, -0.15) is 11.3 Å². The van der Waals surface area contributed by atoms with Gasteiger partial charge in [-0.25, -0.2) is 4.98 Å². The minimum absolute atomic E-state index is 0.783. The van der Waals surface area contributed by atoms with Crippen molar-refractivity contribution < 1.29 is 4.74 Å². The van der Waals surface area contributed by atoms with Crippen LogP contribution in [0.2, 0.25) is 0 Å². The highest BCUT2D eigenvalue weighted by Gasteiger charge is 2.07. The van der Waals surface area contributed by atoms with E-state index in [9.17, 15) is 0 Å². The van der Waals surface area contributed by atoms with Gasteiger partial charge in [0.15, 0.2) is 0 Å². The van der Waals surface area contributed by atoms with Crippen molar-refractivity contribution in [1.82, 2.24) is 9.55 Å². The molecule has 2 heterocycles. The number of aromatic nitrogens is 2. The van der Waals surface area contributed by atoms with Crippen LogP contribution < -0.4 is 5.32 Å². The van der Waals surface area contributed by atoms with E-state index >= 15 is 0 Å². The van der Waals surface area contributed by atoms with E-state index in [2.05, 4.69) is 38.7 Å². The van der Waals surface area contributed by atoms with E-state index in [1.165, 1.54) is 11.1 Å². The second-order valence-corrected chi connectivity index (χ2v) is 5.63. The summed E-state index contributed by atoms with van der Waals surface area (Å²) in [5.74, 6) is 0.949. The van der Waals surface area contributed by atoms with Crippen molar-refractivity contribution in [3.63, 3.8) is 0 Å². The summed E-state index contributed by atoms with van der Waals surface area (Å²) in [6.45, 7) is 9.56. The molecule has 0 saturated carbocycles. The number of hydrogen-bond donors (Lipinski definition) is 1. The quantitative estimate of drug-likeness (QED) is 0.758. The average molecular weight is 293 g/mol. The number of thiophene rings is 1. The first-order valence-corrected chi connectivity index (χ1v) is 8.02. The smallest absolute Gasteiger partial charge is 0.203 e. The summed E-state index contributed by atoms with van der Waals surface area (Å²) in [4.78, 5) is 4.55. The molecule has 4 nitrogen and oxygen atoms in total. The van der Waals surface area contributed by atoms with Gasteiger partial charge in [0.2, 0.25) is 5.95 Å². The minimum atomic E-state index is 0.783. The second kappa shape index (κ2) is 7.45. The first kappa shape index (κ1) is 15.1. The zero-order valence-electron chi connectivity index (χ0n) is 12.5. The number of nitrogens with one attached hydrogen (secondary N) is 1. The lowest BCUT2D eigenvalue weighted by Crippen LogP contribution is -2.11. The van der Waals surface area contributed by atoms with Crippen molar-refractivity contribution >= 4 is 17.3 Å². The van der Waals surface area contributed by atoms with Crippen LogP contribution in [-0.2, 0) is 11.3 Å². The third-order valence-corrected chi connectivity index (χ3v) is 4.06. The number of imidazole rings is 1. The Hall–Kier alpha value is -1.33. The largest absolute Gasteiger partial charge is 0.382 e. The van der Waals surface area contributed by atoms with Crippen LogP contribution in [-0.4, -0.2) is 29.3 Å². The maximum Gasteiger partial charge on any atom is 0.203 e. The van der Waals surface area contributed by atoms with E-state index in [0.717, 1.165) is 44.4 Å². The van der Waals surface area contributed by atoms with E-state index < -0.39 is 0 Å². The molecule has 0 aliphatic heterocycles. The Balaban J connectivity index is 1.94. The fraction of sp³-hybridized carbons (Fsp3) is 0.533. The molecule has 2 aromatic heterocycles. The van der Waals surface area contributed by atoms with E-state index in [1.54, 1.807) is 11.3 Å². The molecule has 5 heteroatoms. The van der Waals surface area contributed by atoms with Gasteiger partial charge in [0.1, 0.15) is 0 Å². The van der Waals surface area contributed by atoms with Crippen molar-refractivity contribution in [3.05, 3.63) is 33.8 Å². The molecule has 1 N–H and O–H groups in total. The summed E-state index contributed by atoms with van der Waals surface area (Å²) in [5, 5.41) is 7.80. The second-order valence-electron chi connectivity index (χ2n) is 4.89. The van der Waals surface area contributed by atoms with Crippen molar-refractivity contribution in [1.29, 1.82) is 0 Å². The topological polar surface area (TPSA) is 39.1 Å².